The highest BCUT2D eigenvalue weighted by molar-refractivity contribution is 5.49. The second kappa shape index (κ2) is 7.67. The summed E-state index contributed by atoms with van der Waals surface area (Å²) in [6, 6.07) is 14.8. The lowest BCUT2D eigenvalue weighted by molar-refractivity contribution is 0.402. The number of hydrogen-bond acceptors (Lipinski definition) is 3. The van der Waals surface area contributed by atoms with E-state index in [0.717, 1.165) is 11.4 Å². The predicted octanol–water partition coefficient (Wildman–Crippen LogP) is 2.95. The first-order valence-corrected chi connectivity index (χ1v) is 5.70. The van der Waals surface area contributed by atoms with Crippen molar-refractivity contribution in [2.24, 2.45) is 0 Å². The zero-order valence-electron chi connectivity index (χ0n) is 11.1. The minimum absolute atomic E-state index is 0.693. The molecule has 3 nitrogen and oxygen atoms in total. The molecule has 0 bridgehead atoms. The lowest BCUT2D eigenvalue weighted by Crippen LogP contribution is -1.89. The van der Waals surface area contributed by atoms with Crippen LogP contribution in [0.1, 0.15) is 5.56 Å². The van der Waals surface area contributed by atoms with Crippen molar-refractivity contribution < 1.29 is 9.47 Å². The molecule has 0 fully saturated rings. The Labute approximate surface area is 114 Å². The molecule has 0 heterocycles. The van der Waals surface area contributed by atoms with E-state index < -0.39 is 0 Å². The maximum absolute atomic E-state index is 5.36. The number of rotatable bonds is 2. The van der Waals surface area contributed by atoms with Crippen molar-refractivity contribution in [1.29, 1.82) is 0 Å². The van der Waals surface area contributed by atoms with Crippen molar-refractivity contribution in [3.8, 4) is 23.8 Å². The Morgan fingerprint density at radius 2 is 1.68 bits per heavy atom. The number of benzene rings is 2. The second-order valence-electron chi connectivity index (χ2n) is 3.62. The fraction of sp³-hybridized carbons (Fsp3) is 0.125. The van der Waals surface area contributed by atoms with E-state index in [4.69, 9.17) is 21.6 Å². The summed E-state index contributed by atoms with van der Waals surface area (Å²) >= 11 is 0. The Bertz CT molecular complexity index is 544. The molecule has 0 saturated carbocycles. The molecule has 0 amide bonds. The number of terminal acetylenes is 1. The first kappa shape index (κ1) is 14.5. The monoisotopic (exact) mass is 255 g/mol. The van der Waals surface area contributed by atoms with Gasteiger partial charge in [-0.25, -0.2) is 0 Å². The zero-order valence-corrected chi connectivity index (χ0v) is 11.1. The van der Waals surface area contributed by atoms with Gasteiger partial charge in [-0.1, -0.05) is 24.1 Å². The summed E-state index contributed by atoms with van der Waals surface area (Å²) in [6.07, 6.45) is 5.26. The standard InChI is InChI=1S/C10H10O2.C6H7N/c1-4-8-7-9(11-2)5-6-10(8)12-3;7-6-4-2-1-3-5-6/h1,5-7H,2-3H3;1-5H,7H2. The molecule has 0 radical (unpaired) electrons. The van der Waals surface area contributed by atoms with Gasteiger partial charge >= 0.3 is 0 Å². The molecule has 0 aromatic heterocycles. The van der Waals surface area contributed by atoms with Gasteiger partial charge in [-0.05, 0) is 30.3 Å². The summed E-state index contributed by atoms with van der Waals surface area (Å²) in [5.74, 6) is 3.95. The number of para-hydroxylation sites is 1. The van der Waals surface area contributed by atoms with Crippen LogP contribution in [0.4, 0.5) is 5.69 Å². The lowest BCUT2D eigenvalue weighted by atomic mass is 10.2. The van der Waals surface area contributed by atoms with Crippen LogP contribution in [0.5, 0.6) is 11.5 Å². The highest BCUT2D eigenvalue weighted by atomic mass is 16.5. The smallest absolute Gasteiger partial charge is 0.134 e. The normalized spacial score (nSPS) is 8.68. The molecule has 2 aromatic carbocycles. The minimum Gasteiger partial charge on any atom is -0.497 e. The van der Waals surface area contributed by atoms with Gasteiger partial charge in [0.05, 0.1) is 19.8 Å². The lowest BCUT2D eigenvalue weighted by Gasteiger charge is -2.04. The van der Waals surface area contributed by atoms with Gasteiger partial charge < -0.3 is 15.2 Å². The molecule has 0 aliphatic rings. The van der Waals surface area contributed by atoms with E-state index in [1.807, 2.05) is 30.3 Å². The van der Waals surface area contributed by atoms with Gasteiger partial charge in [0.15, 0.2) is 0 Å². The van der Waals surface area contributed by atoms with Crippen LogP contribution in [0.3, 0.4) is 0 Å². The summed E-state index contributed by atoms with van der Waals surface area (Å²) < 4.78 is 10.0. The van der Waals surface area contributed by atoms with E-state index in [9.17, 15) is 0 Å². The highest BCUT2D eigenvalue weighted by Crippen LogP contribution is 2.22. The summed E-state index contributed by atoms with van der Waals surface area (Å²) in [7, 11) is 3.19. The third-order valence-electron chi connectivity index (χ3n) is 2.36. The molecule has 0 atom stereocenters. The molecule has 19 heavy (non-hydrogen) atoms. The molecule has 0 aliphatic carbocycles. The second-order valence-corrected chi connectivity index (χ2v) is 3.62. The average Bonchev–Trinajstić information content (AvgIpc) is 2.48. The van der Waals surface area contributed by atoms with Crippen molar-refractivity contribution in [2.45, 2.75) is 0 Å². The van der Waals surface area contributed by atoms with Gasteiger partial charge in [0.1, 0.15) is 11.5 Å². The molecule has 0 aliphatic heterocycles. The maximum Gasteiger partial charge on any atom is 0.134 e. The van der Waals surface area contributed by atoms with Gasteiger partial charge in [0.2, 0.25) is 0 Å². The van der Waals surface area contributed by atoms with Crippen molar-refractivity contribution in [2.75, 3.05) is 20.0 Å². The van der Waals surface area contributed by atoms with E-state index >= 15 is 0 Å². The molecular formula is C16H17NO2. The van der Waals surface area contributed by atoms with Gasteiger partial charge in [0.25, 0.3) is 0 Å². The van der Waals surface area contributed by atoms with Crippen LogP contribution in [0.15, 0.2) is 48.5 Å². The van der Waals surface area contributed by atoms with Crippen molar-refractivity contribution in [3.63, 3.8) is 0 Å². The first-order valence-electron chi connectivity index (χ1n) is 5.70. The minimum atomic E-state index is 0.693. The van der Waals surface area contributed by atoms with Crippen LogP contribution >= 0.6 is 0 Å². The average molecular weight is 255 g/mol. The third-order valence-corrected chi connectivity index (χ3v) is 2.36. The van der Waals surface area contributed by atoms with Crippen LogP contribution < -0.4 is 15.2 Å². The predicted molar refractivity (Wildman–Crippen MR) is 78.3 cm³/mol. The van der Waals surface area contributed by atoms with Crippen molar-refractivity contribution >= 4 is 5.69 Å². The van der Waals surface area contributed by atoms with Crippen LogP contribution in [-0.4, -0.2) is 14.2 Å². The molecule has 2 aromatic rings. The Morgan fingerprint density at radius 3 is 2.11 bits per heavy atom. The molecule has 2 N–H and O–H groups in total. The summed E-state index contributed by atoms with van der Waals surface area (Å²) in [5, 5.41) is 0. The van der Waals surface area contributed by atoms with E-state index in [-0.39, 0.29) is 0 Å². The molecule has 0 saturated heterocycles. The van der Waals surface area contributed by atoms with Crippen LogP contribution in [0, 0.1) is 12.3 Å². The molecule has 0 spiro atoms. The van der Waals surface area contributed by atoms with Crippen LogP contribution in [-0.2, 0) is 0 Å². The van der Waals surface area contributed by atoms with E-state index in [0.29, 0.717) is 11.3 Å². The Hall–Kier alpha value is -2.60. The fourth-order valence-corrected chi connectivity index (χ4v) is 1.38. The molecule has 0 unspecified atom stereocenters. The van der Waals surface area contributed by atoms with Gasteiger partial charge in [-0.3, -0.25) is 0 Å². The van der Waals surface area contributed by atoms with Gasteiger partial charge in [-0.15, -0.1) is 6.42 Å². The number of methoxy groups -OCH3 is 2. The van der Waals surface area contributed by atoms with Gasteiger partial charge in [-0.2, -0.15) is 0 Å². The fourth-order valence-electron chi connectivity index (χ4n) is 1.38. The molecule has 3 heteroatoms. The summed E-state index contributed by atoms with van der Waals surface area (Å²) in [4.78, 5) is 0. The van der Waals surface area contributed by atoms with E-state index in [2.05, 4.69) is 5.92 Å². The first-order chi connectivity index (χ1) is 9.21. The van der Waals surface area contributed by atoms with E-state index in [1.165, 1.54) is 0 Å². The van der Waals surface area contributed by atoms with Crippen LogP contribution in [0.25, 0.3) is 0 Å². The number of nitrogen functional groups attached to an aromatic ring is 1. The summed E-state index contributed by atoms with van der Waals surface area (Å²) in [6.45, 7) is 0. The highest BCUT2D eigenvalue weighted by Gasteiger charge is 2.00. The molecule has 2 rings (SSSR count). The van der Waals surface area contributed by atoms with E-state index in [1.54, 1.807) is 32.4 Å². The van der Waals surface area contributed by atoms with Gasteiger partial charge in [0, 0.05) is 5.69 Å². The number of nitrogens with two attached hydrogens (primary N) is 1. The SMILES string of the molecule is C#Cc1cc(OC)ccc1OC.Nc1ccccc1. The van der Waals surface area contributed by atoms with Crippen molar-refractivity contribution in [1.82, 2.24) is 0 Å². The Balaban J connectivity index is 0.000000218. The molecular weight excluding hydrogens is 238 g/mol. The van der Waals surface area contributed by atoms with Crippen LogP contribution in [0.2, 0.25) is 0 Å². The third kappa shape index (κ3) is 4.64. The Morgan fingerprint density at radius 1 is 1.00 bits per heavy atom. The maximum atomic E-state index is 5.36. The zero-order chi connectivity index (χ0) is 14.1. The quantitative estimate of drug-likeness (QED) is 0.663. The largest absolute Gasteiger partial charge is 0.497 e. The number of hydrogen-bond donors (Lipinski definition) is 1. The Kier molecular flexibility index (Phi) is 5.84. The summed E-state index contributed by atoms with van der Waals surface area (Å²) in [5.41, 5.74) is 6.88. The molecule has 98 valence electrons. The topological polar surface area (TPSA) is 44.5 Å². The number of ether oxygens (including phenoxy) is 2. The number of anilines is 1. The van der Waals surface area contributed by atoms with Crippen molar-refractivity contribution in [3.05, 3.63) is 54.1 Å².